The van der Waals surface area contributed by atoms with E-state index >= 15 is 0 Å². The fourth-order valence-electron chi connectivity index (χ4n) is 3.10. The minimum atomic E-state index is -0.821. The van der Waals surface area contributed by atoms with Gasteiger partial charge in [0.25, 0.3) is 5.91 Å². The molecule has 0 aliphatic carbocycles. The van der Waals surface area contributed by atoms with Gasteiger partial charge in [0.05, 0.1) is 6.61 Å². The number of ether oxygens (including phenoxy) is 2. The van der Waals surface area contributed by atoms with Crippen molar-refractivity contribution in [1.29, 1.82) is 0 Å². The normalized spacial score (nSPS) is 13.6. The van der Waals surface area contributed by atoms with Gasteiger partial charge in [0.2, 0.25) is 0 Å². The van der Waals surface area contributed by atoms with Gasteiger partial charge in [-0.05, 0) is 38.3 Å². The summed E-state index contributed by atoms with van der Waals surface area (Å²) in [5.41, 5.74) is -0.0338. The van der Waals surface area contributed by atoms with E-state index in [1.54, 1.807) is 0 Å². The summed E-state index contributed by atoms with van der Waals surface area (Å²) in [7, 11) is 0. The molecular formula is C23H33NO3. The Morgan fingerprint density at radius 2 is 1.81 bits per heavy atom. The molecule has 2 aromatic rings. The average Bonchev–Trinajstić information content (AvgIpc) is 2.65. The Labute approximate surface area is 163 Å². The van der Waals surface area contributed by atoms with Crippen molar-refractivity contribution in [2.24, 2.45) is 5.92 Å². The summed E-state index contributed by atoms with van der Waals surface area (Å²) in [6.45, 7) is 11.3. The Kier molecular flexibility index (Phi) is 7.66. The highest BCUT2D eigenvalue weighted by Gasteiger charge is 2.33. The molecule has 0 spiro atoms. The van der Waals surface area contributed by atoms with Crippen LogP contribution >= 0.6 is 0 Å². The molecule has 4 heteroatoms. The molecule has 0 heterocycles. The third-order valence-electron chi connectivity index (χ3n) is 4.66. The number of carbonyl (C=O) groups is 1. The van der Waals surface area contributed by atoms with E-state index in [1.807, 2.05) is 50.2 Å². The number of rotatable bonds is 10. The lowest BCUT2D eigenvalue weighted by Gasteiger charge is -2.28. The second kappa shape index (κ2) is 9.75. The molecule has 0 saturated carbocycles. The number of amides is 1. The van der Waals surface area contributed by atoms with Crippen LogP contribution in [0.15, 0.2) is 36.4 Å². The molecule has 1 amide bonds. The van der Waals surface area contributed by atoms with E-state index in [2.05, 4.69) is 26.1 Å². The predicted molar refractivity (Wildman–Crippen MR) is 112 cm³/mol. The van der Waals surface area contributed by atoms with Crippen molar-refractivity contribution < 1.29 is 14.3 Å². The van der Waals surface area contributed by atoms with Gasteiger partial charge in [-0.15, -0.1) is 0 Å². The Balaban J connectivity index is 2.30. The molecule has 27 heavy (non-hydrogen) atoms. The number of nitrogens with one attached hydrogen (secondary N) is 1. The molecule has 1 atom stereocenters. The molecule has 0 bridgehead atoms. The summed E-state index contributed by atoms with van der Waals surface area (Å²) in [6.07, 6.45) is 2.68. The lowest BCUT2D eigenvalue weighted by atomic mass is 9.97. The standard InChI is InChI=1S/C23H33NO3/c1-6-8-15-23(5,27-7-2)22(25)24-20-13-14-21(26-16-17(3)4)19-12-10-9-11-18(19)20/h9-14,17H,6-8,15-16H2,1-5H3,(H,24,25). The van der Waals surface area contributed by atoms with Crippen molar-refractivity contribution in [3.63, 3.8) is 0 Å². The summed E-state index contributed by atoms with van der Waals surface area (Å²) >= 11 is 0. The van der Waals surface area contributed by atoms with Crippen LogP contribution in [-0.2, 0) is 9.53 Å². The minimum Gasteiger partial charge on any atom is -0.493 e. The highest BCUT2D eigenvalue weighted by atomic mass is 16.5. The molecule has 4 nitrogen and oxygen atoms in total. The molecule has 0 aromatic heterocycles. The van der Waals surface area contributed by atoms with Crippen molar-refractivity contribution >= 4 is 22.4 Å². The lowest BCUT2D eigenvalue weighted by molar-refractivity contribution is -0.139. The fourth-order valence-corrected chi connectivity index (χ4v) is 3.10. The van der Waals surface area contributed by atoms with Crippen LogP contribution in [0.5, 0.6) is 5.75 Å². The van der Waals surface area contributed by atoms with Gasteiger partial charge in [-0.3, -0.25) is 4.79 Å². The van der Waals surface area contributed by atoms with Crippen LogP contribution in [0.2, 0.25) is 0 Å². The topological polar surface area (TPSA) is 47.6 Å². The Bertz CT molecular complexity index is 756. The summed E-state index contributed by atoms with van der Waals surface area (Å²) in [5, 5.41) is 5.07. The number of carbonyl (C=O) groups excluding carboxylic acids is 1. The van der Waals surface area contributed by atoms with Crippen LogP contribution in [0.1, 0.15) is 53.9 Å². The van der Waals surface area contributed by atoms with E-state index in [4.69, 9.17) is 9.47 Å². The Morgan fingerprint density at radius 1 is 1.11 bits per heavy atom. The maximum absolute atomic E-state index is 13.0. The number of fused-ring (bicyclic) bond motifs is 1. The van der Waals surface area contributed by atoms with Crippen molar-refractivity contribution in [3.8, 4) is 5.75 Å². The third kappa shape index (κ3) is 5.46. The summed E-state index contributed by atoms with van der Waals surface area (Å²) in [5.74, 6) is 1.20. The van der Waals surface area contributed by atoms with Crippen LogP contribution in [0.4, 0.5) is 5.69 Å². The average molecular weight is 372 g/mol. The van der Waals surface area contributed by atoms with E-state index in [0.717, 1.165) is 35.1 Å². The van der Waals surface area contributed by atoms with E-state index in [0.29, 0.717) is 25.6 Å². The molecule has 1 N–H and O–H groups in total. The van der Waals surface area contributed by atoms with Gasteiger partial charge in [0.1, 0.15) is 11.4 Å². The van der Waals surface area contributed by atoms with Crippen molar-refractivity contribution in [1.82, 2.24) is 0 Å². The Morgan fingerprint density at radius 3 is 2.44 bits per heavy atom. The quantitative estimate of drug-likeness (QED) is 0.574. The molecular weight excluding hydrogens is 338 g/mol. The molecule has 148 valence electrons. The second-order valence-electron chi connectivity index (χ2n) is 7.58. The summed E-state index contributed by atoms with van der Waals surface area (Å²) in [6, 6.07) is 11.9. The molecule has 2 aromatic carbocycles. The van der Waals surface area contributed by atoms with Gasteiger partial charge < -0.3 is 14.8 Å². The largest absolute Gasteiger partial charge is 0.493 e. The Hall–Kier alpha value is -2.07. The lowest BCUT2D eigenvalue weighted by Crippen LogP contribution is -2.42. The van der Waals surface area contributed by atoms with Crippen molar-refractivity contribution in [2.45, 2.75) is 59.5 Å². The molecule has 0 fully saturated rings. The molecule has 0 aliphatic heterocycles. The van der Waals surface area contributed by atoms with Gasteiger partial charge in [-0.2, -0.15) is 0 Å². The zero-order valence-electron chi connectivity index (χ0n) is 17.3. The van der Waals surface area contributed by atoms with Crippen molar-refractivity contribution in [3.05, 3.63) is 36.4 Å². The number of unbranched alkanes of at least 4 members (excludes halogenated alkanes) is 1. The van der Waals surface area contributed by atoms with E-state index in [-0.39, 0.29) is 5.91 Å². The maximum Gasteiger partial charge on any atom is 0.256 e. The molecule has 0 saturated heterocycles. The van der Waals surface area contributed by atoms with Crippen LogP contribution in [0, 0.1) is 5.92 Å². The van der Waals surface area contributed by atoms with E-state index in [9.17, 15) is 4.79 Å². The minimum absolute atomic E-state index is 0.0983. The number of anilines is 1. The van der Waals surface area contributed by atoms with Crippen LogP contribution < -0.4 is 10.1 Å². The summed E-state index contributed by atoms with van der Waals surface area (Å²) < 4.78 is 11.8. The van der Waals surface area contributed by atoms with Crippen LogP contribution in [0.25, 0.3) is 10.8 Å². The monoisotopic (exact) mass is 371 g/mol. The highest BCUT2D eigenvalue weighted by molar-refractivity contribution is 6.06. The first-order valence-corrected chi connectivity index (χ1v) is 10.0. The fraction of sp³-hybridized carbons (Fsp3) is 0.522. The smallest absolute Gasteiger partial charge is 0.256 e. The van der Waals surface area contributed by atoms with Gasteiger partial charge in [-0.25, -0.2) is 0 Å². The molecule has 0 radical (unpaired) electrons. The van der Waals surface area contributed by atoms with E-state index < -0.39 is 5.60 Å². The third-order valence-corrected chi connectivity index (χ3v) is 4.66. The first-order valence-electron chi connectivity index (χ1n) is 10.0. The SMILES string of the molecule is CCCCC(C)(OCC)C(=O)Nc1ccc(OCC(C)C)c2ccccc12. The van der Waals surface area contributed by atoms with Crippen LogP contribution in [-0.4, -0.2) is 24.7 Å². The van der Waals surface area contributed by atoms with Gasteiger partial charge >= 0.3 is 0 Å². The first-order chi connectivity index (χ1) is 12.9. The predicted octanol–water partition coefficient (Wildman–Crippen LogP) is 5.80. The number of hydrogen-bond donors (Lipinski definition) is 1. The van der Waals surface area contributed by atoms with Gasteiger partial charge in [0, 0.05) is 23.1 Å². The molecule has 1 unspecified atom stereocenters. The van der Waals surface area contributed by atoms with Crippen molar-refractivity contribution in [2.75, 3.05) is 18.5 Å². The zero-order chi connectivity index (χ0) is 19.9. The van der Waals surface area contributed by atoms with Gasteiger partial charge in [-0.1, -0.05) is 57.9 Å². The molecule has 0 aliphatic rings. The number of benzene rings is 2. The highest BCUT2D eigenvalue weighted by Crippen LogP contribution is 2.33. The number of hydrogen-bond acceptors (Lipinski definition) is 3. The first kappa shape index (κ1) is 21.2. The van der Waals surface area contributed by atoms with Crippen LogP contribution in [0.3, 0.4) is 0 Å². The van der Waals surface area contributed by atoms with E-state index in [1.165, 1.54) is 0 Å². The molecule has 2 rings (SSSR count). The second-order valence-corrected chi connectivity index (χ2v) is 7.58. The van der Waals surface area contributed by atoms with Gasteiger partial charge in [0.15, 0.2) is 0 Å². The summed E-state index contributed by atoms with van der Waals surface area (Å²) in [4.78, 5) is 13.0. The maximum atomic E-state index is 13.0. The zero-order valence-corrected chi connectivity index (χ0v) is 17.3.